The van der Waals surface area contributed by atoms with Crippen LogP contribution in [0.25, 0.3) is 0 Å². The van der Waals surface area contributed by atoms with Gasteiger partial charge in [-0.3, -0.25) is 0 Å². The molecule has 0 aliphatic heterocycles. The highest BCUT2D eigenvalue weighted by Crippen LogP contribution is 2.28. The number of hydrogen-bond acceptors (Lipinski definition) is 1. The van der Waals surface area contributed by atoms with Gasteiger partial charge in [-0.15, -0.1) is 0 Å². The van der Waals surface area contributed by atoms with E-state index in [0.29, 0.717) is 0 Å². The third-order valence-corrected chi connectivity index (χ3v) is 3.39. The summed E-state index contributed by atoms with van der Waals surface area (Å²) in [7, 11) is 0. The van der Waals surface area contributed by atoms with E-state index >= 15 is 0 Å². The van der Waals surface area contributed by atoms with Gasteiger partial charge < -0.3 is 10.6 Å². The summed E-state index contributed by atoms with van der Waals surface area (Å²) < 4.78 is 66.2. The molecule has 2 nitrogen and oxygen atoms in total. The molecule has 0 bridgehead atoms. The van der Waals surface area contributed by atoms with Crippen molar-refractivity contribution >= 4 is 51.9 Å². The average Bonchev–Trinajstić information content (AvgIpc) is 2.51. The lowest BCUT2D eigenvalue weighted by atomic mass is 10.2. The Balaban J connectivity index is 2.29. The molecule has 0 fully saturated rings. The Hall–Kier alpha value is -1.64. The van der Waals surface area contributed by atoms with Crippen LogP contribution in [0.5, 0.6) is 0 Å². The van der Waals surface area contributed by atoms with Gasteiger partial charge in [0, 0.05) is 5.02 Å². The van der Waals surface area contributed by atoms with E-state index in [0.717, 1.165) is 0 Å². The molecule has 2 N–H and O–H groups in total. The SMILES string of the molecule is Fc1c(F)c(F)c(NC(=S)Nc2cc(Cl)ccc2Cl)c(F)c1F. The van der Waals surface area contributed by atoms with E-state index in [1.807, 2.05) is 5.32 Å². The quantitative estimate of drug-likeness (QED) is 0.308. The first kappa shape index (κ1) is 17.7. The van der Waals surface area contributed by atoms with Gasteiger partial charge in [-0.05, 0) is 30.4 Å². The number of benzene rings is 2. The van der Waals surface area contributed by atoms with Crippen molar-refractivity contribution in [2.45, 2.75) is 0 Å². The highest BCUT2D eigenvalue weighted by Gasteiger charge is 2.26. The molecule has 2 aromatic rings. The van der Waals surface area contributed by atoms with Gasteiger partial charge in [0.15, 0.2) is 28.4 Å². The van der Waals surface area contributed by atoms with Crippen LogP contribution in [-0.2, 0) is 0 Å². The molecule has 0 unspecified atom stereocenters. The maximum absolute atomic E-state index is 13.5. The first-order valence-corrected chi connectivity index (χ1v) is 6.93. The molecule has 0 heterocycles. The Morgan fingerprint density at radius 1 is 0.826 bits per heavy atom. The minimum absolute atomic E-state index is 0.177. The molecule has 0 saturated heterocycles. The van der Waals surface area contributed by atoms with Gasteiger partial charge in [-0.25, -0.2) is 22.0 Å². The molecule has 122 valence electrons. The van der Waals surface area contributed by atoms with Gasteiger partial charge in [-0.2, -0.15) is 0 Å². The van der Waals surface area contributed by atoms with Crippen LogP contribution < -0.4 is 10.6 Å². The topological polar surface area (TPSA) is 24.1 Å². The zero-order valence-corrected chi connectivity index (χ0v) is 13.1. The van der Waals surface area contributed by atoms with E-state index < -0.39 is 39.9 Å². The molecule has 2 aromatic carbocycles. The third-order valence-electron chi connectivity index (χ3n) is 2.62. The molecular formula is C13H5Cl2F5N2S. The van der Waals surface area contributed by atoms with Gasteiger partial charge >= 0.3 is 0 Å². The zero-order chi connectivity index (χ0) is 17.3. The van der Waals surface area contributed by atoms with Crippen molar-refractivity contribution in [2.24, 2.45) is 0 Å². The Labute approximate surface area is 142 Å². The lowest BCUT2D eigenvalue weighted by Gasteiger charge is -2.14. The summed E-state index contributed by atoms with van der Waals surface area (Å²) in [6.07, 6.45) is 0. The molecule has 23 heavy (non-hydrogen) atoms. The van der Waals surface area contributed by atoms with E-state index in [9.17, 15) is 22.0 Å². The second kappa shape index (κ2) is 6.86. The van der Waals surface area contributed by atoms with Crippen molar-refractivity contribution in [3.8, 4) is 0 Å². The predicted molar refractivity (Wildman–Crippen MR) is 82.5 cm³/mol. The highest BCUT2D eigenvalue weighted by molar-refractivity contribution is 7.80. The smallest absolute Gasteiger partial charge is 0.200 e. The van der Waals surface area contributed by atoms with Crippen LogP contribution in [0.3, 0.4) is 0 Å². The maximum atomic E-state index is 13.5. The summed E-state index contributed by atoms with van der Waals surface area (Å²) >= 11 is 16.4. The number of anilines is 2. The first-order valence-electron chi connectivity index (χ1n) is 5.77. The van der Waals surface area contributed by atoms with Crippen molar-refractivity contribution in [1.82, 2.24) is 0 Å². The fraction of sp³-hybridized carbons (Fsp3) is 0. The lowest BCUT2D eigenvalue weighted by Crippen LogP contribution is -2.22. The molecule has 0 spiro atoms. The Morgan fingerprint density at radius 2 is 1.35 bits per heavy atom. The molecule has 0 saturated carbocycles. The number of nitrogens with one attached hydrogen (secondary N) is 2. The number of thiocarbonyl (C=S) groups is 1. The molecule has 0 radical (unpaired) electrons. The summed E-state index contributed by atoms with van der Waals surface area (Å²) in [4.78, 5) is 0. The second-order valence-electron chi connectivity index (χ2n) is 4.15. The maximum Gasteiger partial charge on any atom is 0.200 e. The Morgan fingerprint density at radius 3 is 1.91 bits per heavy atom. The minimum Gasteiger partial charge on any atom is -0.331 e. The summed E-state index contributed by atoms with van der Waals surface area (Å²) in [5, 5.41) is 4.36. The van der Waals surface area contributed by atoms with E-state index in [4.69, 9.17) is 35.4 Å². The standard InChI is InChI=1S/C13H5Cl2F5N2S/c14-4-1-2-5(15)6(3-4)21-13(23)22-12-10(19)8(17)7(16)9(18)11(12)20/h1-3H,(H2,21,22,23). The fourth-order valence-electron chi connectivity index (χ4n) is 1.58. The summed E-state index contributed by atoms with van der Waals surface area (Å²) in [5.74, 6) is -10.5. The van der Waals surface area contributed by atoms with Gasteiger partial charge in [0.1, 0.15) is 5.69 Å². The molecule has 0 aromatic heterocycles. The van der Waals surface area contributed by atoms with Gasteiger partial charge in [0.25, 0.3) is 0 Å². The van der Waals surface area contributed by atoms with E-state index in [2.05, 4.69) is 5.32 Å². The third kappa shape index (κ3) is 3.65. The molecule has 2 rings (SSSR count). The van der Waals surface area contributed by atoms with Crippen LogP contribution in [0.4, 0.5) is 33.3 Å². The fourth-order valence-corrected chi connectivity index (χ4v) is 2.12. The average molecular weight is 387 g/mol. The van der Waals surface area contributed by atoms with E-state index in [1.54, 1.807) is 0 Å². The van der Waals surface area contributed by atoms with E-state index in [-0.39, 0.29) is 15.7 Å². The second-order valence-corrected chi connectivity index (χ2v) is 5.40. The van der Waals surface area contributed by atoms with Gasteiger partial charge in [0.2, 0.25) is 5.82 Å². The normalized spacial score (nSPS) is 10.6. The van der Waals surface area contributed by atoms with Gasteiger partial charge in [0.05, 0.1) is 10.7 Å². The summed E-state index contributed by atoms with van der Waals surface area (Å²) in [6.45, 7) is 0. The summed E-state index contributed by atoms with van der Waals surface area (Å²) in [5.41, 5.74) is -1.10. The van der Waals surface area contributed by atoms with Crippen LogP contribution in [0.1, 0.15) is 0 Å². The molecule has 0 aliphatic carbocycles. The van der Waals surface area contributed by atoms with Crippen LogP contribution in [-0.4, -0.2) is 5.11 Å². The van der Waals surface area contributed by atoms with Crippen molar-refractivity contribution in [2.75, 3.05) is 10.6 Å². The van der Waals surface area contributed by atoms with Crippen LogP contribution in [0, 0.1) is 29.1 Å². The molecular weight excluding hydrogens is 382 g/mol. The Bertz CT molecular complexity index is 771. The van der Waals surface area contributed by atoms with Crippen LogP contribution in [0.15, 0.2) is 18.2 Å². The van der Waals surface area contributed by atoms with Crippen molar-refractivity contribution in [3.63, 3.8) is 0 Å². The van der Waals surface area contributed by atoms with Crippen molar-refractivity contribution in [3.05, 3.63) is 57.3 Å². The highest BCUT2D eigenvalue weighted by atomic mass is 35.5. The molecule has 10 heteroatoms. The monoisotopic (exact) mass is 386 g/mol. The summed E-state index contributed by atoms with van der Waals surface area (Å²) in [6, 6.07) is 4.26. The molecule has 0 atom stereocenters. The predicted octanol–water partition coefficient (Wildman–Crippen LogP) is 5.50. The number of rotatable bonds is 2. The number of hydrogen-bond donors (Lipinski definition) is 2. The van der Waals surface area contributed by atoms with Crippen LogP contribution >= 0.6 is 35.4 Å². The van der Waals surface area contributed by atoms with Gasteiger partial charge in [-0.1, -0.05) is 23.2 Å². The van der Waals surface area contributed by atoms with Crippen molar-refractivity contribution in [1.29, 1.82) is 0 Å². The van der Waals surface area contributed by atoms with E-state index in [1.165, 1.54) is 18.2 Å². The number of halogens is 7. The largest absolute Gasteiger partial charge is 0.331 e. The zero-order valence-electron chi connectivity index (χ0n) is 10.8. The molecule has 0 amide bonds. The van der Waals surface area contributed by atoms with Crippen LogP contribution in [0.2, 0.25) is 10.0 Å². The first-order chi connectivity index (χ1) is 10.7. The van der Waals surface area contributed by atoms with Crippen molar-refractivity contribution < 1.29 is 22.0 Å². The lowest BCUT2D eigenvalue weighted by molar-refractivity contribution is 0.382. The minimum atomic E-state index is -2.26. The molecule has 0 aliphatic rings. The Kier molecular flexibility index (Phi) is 5.28.